The fourth-order valence-electron chi connectivity index (χ4n) is 1.12. The lowest BCUT2D eigenvalue weighted by molar-refractivity contribution is 0.664. The van der Waals surface area contributed by atoms with E-state index in [0.29, 0.717) is 5.25 Å². The molecule has 0 aliphatic carbocycles. The Hall–Kier alpha value is 0.500. The Morgan fingerprint density at radius 3 is 2.60 bits per heavy atom. The Labute approximate surface area is 69.4 Å². The van der Waals surface area contributed by atoms with Crippen molar-refractivity contribution in [2.75, 3.05) is 5.75 Å². The van der Waals surface area contributed by atoms with Crippen LogP contribution in [0, 0.1) is 0 Å². The Bertz CT molecular complexity index is 154. The van der Waals surface area contributed by atoms with Crippen LogP contribution >= 0.6 is 11.8 Å². The number of thioether (sulfide) groups is 1. The summed E-state index contributed by atoms with van der Waals surface area (Å²) in [6.07, 6.45) is 1.11. The van der Waals surface area contributed by atoms with Crippen LogP contribution in [0.1, 0.15) is 27.2 Å². The van der Waals surface area contributed by atoms with Crippen molar-refractivity contribution in [1.82, 2.24) is 0 Å². The molecular weight excluding hydrogens is 164 g/mol. The molecule has 1 fully saturated rings. The van der Waals surface area contributed by atoms with Crippen molar-refractivity contribution >= 4 is 22.6 Å². The molecule has 0 spiro atoms. The predicted octanol–water partition coefficient (Wildman–Crippen LogP) is 2.00. The summed E-state index contributed by atoms with van der Waals surface area (Å²) in [6, 6.07) is 0. The maximum atomic E-state index is 11.4. The molecule has 1 heterocycles. The van der Waals surface area contributed by atoms with Crippen LogP contribution in [-0.4, -0.2) is 19.3 Å². The Kier molecular flexibility index (Phi) is 2.46. The second-order valence-electron chi connectivity index (χ2n) is 3.17. The smallest absolute Gasteiger partial charge is 0.0855 e. The van der Waals surface area contributed by atoms with Gasteiger partial charge in [0.05, 0.1) is 4.08 Å². The second-order valence-corrected chi connectivity index (χ2v) is 7.61. The topological polar surface area (TPSA) is 17.1 Å². The van der Waals surface area contributed by atoms with Crippen LogP contribution < -0.4 is 0 Å². The molecule has 1 saturated heterocycles. The van der Waals surface area contributed by atoms with Gasteiger partial charge < -0.3 is 0 Å². The van der Waals surface area contributed by atoms with E-state index in [9.17, 15) is 4.21 Å². The fourth-order valence-corrected chi connectivity index (χ4v) is 4.70. The number of rotatable bonds is 0. The molecule has 1 nitrogen and oxygen atoms in total. The molecule has 1 aliphatic heterocycles. The summed E-state index contributed by atoms with van der Waals surface area (Å²) >= 11 is 1.85. The molecule has 0 N–H and O–H groups in total. The molecule has 0 aromatic rings. The van der Waals surface area contributed by atoms with Crippen molar-refractivity contribution in [3.8, 4) is 0 Å². The summed E-state index contributed by atoms with van der Waals surface area (Å²) in [4.78, 5) is 0. The van der Waals surface area contributed by atoms with Gasteiger partial charge in [-0.1, -0.05) is 6.92 Å². The molecule has 0 aromatic carbocycles. The molecular formula is C7H14OS2. The molecule has 1 rings (SSSR count). The molecule has 0 bridgehead atoms. The molecule has 0 aromatic heterocycles. The normalized spacial score (nSPS) is 39.5. The zero-order valence-corrected chi connectivity index (χ0v) is 8.35. The first kappa shape index (κ1) is 8.60. The van der Waals surface area contributed by atoms with Gasteiger partial charge in [-0.25, -0.2) is 0 Å². The zero-order valence-electron chi connectivity index (χ0n) is 6.72. The molecule has 2 unspecified atom stereocenters. The van der Waals surface area contributed by atoms with Crippen molar-refractivity contribution < 1.29 is 4.21 Å². The third-order valence-corrected chi connectivity index (χ3v) is 5.50. The largest absolute Gasteiger partial charge is 0.258 e. The first-order chi connectivity index (χ1) is 4.52. The first-order valence-electron chi connectivity index (χ1n) is 3.58. The van der Waals surface area contributed by atoms with E-state index in [-0.39, 0.29) is 4.08 Å². The molecule has 0 amide bonds. The highest BCUT2D eigenvalue weighted by Gasteiger charge is 2.32. The van der Waals surface area contributed by atoms with E-state index in [4.69, 9.17) is 0 Å². The minimum Gasteiger partial charge on any atom is -0.258 e. The summed E-state index contributed by atoms with van der Waals surface area (Å²) in [5, 5.41) is 0.688. The summed E-state index contributed by atoms with van der Waals surface area (Å²) in [7, 11) is -0.608. The van der Waals surface area contributed by atoms with Crippen molar-refractivity contribution in [3.05, 3.63) is 0 Å². The zero-order chi connectivity index (χ0) is 7.78. The third kappa shape index (κ3) is 1.76. The van der Waals surface area contributed by atoms with Gasteiger partial charge in [-0.2, -0.15) is 0 Å². The van der Waals surface area contributed by atoms with Crippen LogP contribution in [0.15, 0.2) is 0 Å². The summed E-state index contributed by atoms with van der Waals surface area (Å²) in [5.74, 6) is 0.890. The predicted molar refractivity (Wildman–Crippen MR) is 48.8 cm³/mol. The number of hydrogen-bond acceptors (Lipinski definition) is 2. The van der Waals surface area contributed by atoms with Crippen molar-refractivity contribution in [1.29, 1.82) is 0 Å². The summed E-state index contributed by atoms with van der Waals surface area (Å²) < 4.78 is 11.3. The van der Waals surface area contributed by atoms with E-state index in [1.165, 1.54) is 0 Å². The average molecular weight is 178 g/mol. The van der Waals surface area contributed by atoms with Gasteiger partial charge in [0.25, 0.3) is 0 Å². The molecule has 10 heavy (non-hydrogen) atoms. The van der Waals surface area contributed by atoms with Gasteiger partial charge in [-0.05, 0) is 20.3 Å². The van der Waals surface area contributed by atoms with E-state index in [2.05, 4.69) is 20.8 Å². The van der Waals surface area contributed by atoms with E-state index in [1.54, 1.807) is 0 Å². The van der Waals surface area contributed by atoms with E-state index >= 15 is 0 Å². The van der Waals surface area contributed by atoms with Crippen LogP contribution in [-0.2, 0) is 10.8 Å². The van der Waals surface area contributed by atoms with Crippen LogP contribution in [0.3, 0.4) is 0 Å². The van der Waals surface area contributed by atoms with Gasteiger partial charge in [0, 0.05) is 21.8 Å². The van der Waals surface area contributed by atoms with E-state index in [0.717, 1.165) is 12.2 Å². The van der Waals surface area contributed by atoms with Gasteiger partial charge in [-0.3, -0.25) is 4.21 Å². The highest BCUT2D eigenvalue weighted by molar-refractivity contribution is 8.13. The Balaban J connectivity index is 2.63. The van der Waals surface area contributed by atoms with Crippen molar-refractivity contribution in [3.63, 3.8) is 0 Å². The lowest BCUT2D eigenvalue weighted by Gasteiger charge is -2.31. The third-order valence-electron chi connectivity index (χ3n) is 1.74. The van der Waals surface area contributed by atoms with Crippen LogP contribution in [0.4, 0.5) is 0 Å². The van der Waals surface area contributed by atoms with Crippen molar-refractivity contribution in [2.45, 2.75) is 36.5 Å². The molecule has 1 aliphatic rings. The highest BCUT2D eigenvalue weighted by Crippen LogP contribution is 2.37. The van der Waals surface area contributed by atoms with Crippen molar-refractivity contribution in [2.24, 2.45) is 0 Å². The summed E-state index contributed by atoms with van der Waals surface area (Å²) in [6.45, 7) is 6.36. The second kappa shape index (κ2) is 2.86. The SMILES string of the molecule is CC1CCS(=O)C(C)(C)S1. The van der Waals surface area contributed by atoms with Crippen LogP contribution in [0.25, 0.3) is 0 Å². The fraction of sp³-hybridized carbons (Fsp3) is 1.00. The summed E-state index contributed by atoms with van der Waals surface area (Å²) in [5.41, 5.74) is 0. The van der Waals surface area contributed by atoms with Crippen LogP contribution in [0.2, 0.25) is 0 Å². The minimum absolute atomic E-state index is 0.00231. The van der Waals surface area contributed by atoms with Gasteiger partial charge in [0.1, 0.15) is 0 Å². The first-order valence-corrected chi connectivity index (χ1v) is 5.78. The lowest BCUT2D eigenvalue weighted by Crippen LogP contribution is -2.32. The Morgan fingerprint density at radius 2 is 2.20 bits per heavy atom. The van der Waals surface area contributed by atoms with E-state index in [1.807, 2.05) is 11.8 Å². The van der Waals surface area contributed by atoms with Gasteiger partial charge in [-0.15, -0.1) is 11.8 Å². The average Bonchev–Trinajstić information content (AvgIpc) is 1.78. The molecule has 60 valence electrons. The maximum absolute atomic E-state index is 11.4. The molecule has 0 radical (unpaired) electrons. The lowest BCUT2D eigenvalue weighted by atomic mass is 10.4. The number of hydrogen-bond donors (Lipinski definition) is 0. The molecule has 3 heteroatoms. The molecule has 2 atom stereocenters. The van der Waals surface area contributed by atoms with Gasteiger partial charge in [0.15, 0.2) is 0 Å². The minimum atomic E-state index is -0.608. The quantitative estimate of drug-likeness (QED) is 0.564. The monoisotopic (exact) mass is 178 g/mol. The van der Waals surface area contributed by atoms with Gasteiger partial charge in [0.2, 0.25) is 0 Å². The van der Waals surface area contributed by atoms with Gasteiger partial charge >= 0.3 is 0 Å². The highest BCUT2D eigenvalue weighted by atomic mass is 32.2. The van der Waals surface area contributed by atoms with Crippen LogP contribution in [0.5, 0.6) is 0 Å². The maximum Gasteiger partial charge on any atom is 0.0855 e. The van der Waals surface area contributed by atoms with E-state index < -0.39 is 10.8 Å². The standard InChI is InChI=1S/C7H14OS2/c1-6-4-5-10(8)7(2,3)9-6/h6H,4-5H2,1-3H3. The molecule has 0 saturated carbocycles. The Morgan fingerprint density at radius 1 is 1.60 bits per heavy atom.